The highest BCUT2D eigenvalue weighted by molar-refractivity contribution is 4.61. The molecule has 1 atom stereocenters. The molecule has 0 bridgehead atoms. The Morgan fingerprint density at radius 3 is 2.33 bits per heavy atom. The molecule has 2 N–H and O–H groups in total. The van der Waals surface area contributed by atoms with E-state index >= 15 is 0 Å². The van der Waals surface area contributed by atoms with Gasteiger partial charge in [-0.15, -0.1) is 0 Å². The molecule has 0 aliphatic carbocycles. The van der Waals surface area contributed by atoms with Crippen molar-refractivity contribution in [2.24, 2.45) is 11.7 Å². The molecular formula is C10H23NO. The van der Waals surface area contributed by atoms with Crippen molar-refractivity contribution in [2.45, 2.75) is 45.6 Å². The van der Waals surface area contributed by atoms with Gasteiger partial charge in [-0.05, 0) is 18.8 Å². The van der Waals surface area contributed by atoms with Crippen LogP contribution in [0.15, 0.2) is 0 Å². The Morgan fingerprint density at radius 2 is 1.83 bits per heavy atom. The van der Waals surface area contributed by atoms with Crippen molar-refractivity contribution in [3.63, 3.8) is 0 Å². The van der Waals surface area contributed by atoms with Gasteiger partial charge < -0.3 is 10.5 Å². The zero-order valence-electron chi connectivity index (χ0n) is 8.68. The maximum absolute atomic E-state index is 5.87. The topological polar surface area (TPSA) is 35.2 Å². The van der Waals surface area contributed by atoms with Crippen LogP contribution in [0.25, 0.3) is 0 Å². The van der Waals surface area contributed by atoms with Crippen LogP contribution >= 0.6 is 0 Å². The Morgan fingerprint density at radius 1 is 1.17 bits per heavy atom. The van der Waals surface area contributed by atoms with Crippen molar-refractivity contribution in [3.05, 3.63) is 0 Å². The Balaban J connectivity index is 3.13. The van der Waals surface area contributed by atoms with Crippen LogP contribution in [0.5, 0.6) is 0 Å². The van der Waals surface area contributed by atoms with Crippen LogP contribution in [0.3, 0.4) is 0 Å². The minimum atomic E-state index is 0.337. The highest BCUT2D eigenvalue weighted by Crippen LogP contribution is 2.08. The molecule has 1 unspecified atom stereocenters. The first-order valence-corrected chi connectivity index (χ1v) is 4.91. The summed E-state index contributed by atoms with van der Waals surface area (Å²) in [5.41, 5.74) is 5.87. The van der Waals surface area contributed by atoms with Gasteiger partial charge in [0.25, 0.3) is 0 Å². The predicted molar refractivity (Wildman–Crippen MR) is 53.2 cm³/mol. The third-order valence-corrected chi connectivity index (χ3v) is 2.05. The number of rotatable bonds is 7. The predicted octanol–water partition coefficient (Wildman–Crippen LogP) is 2.18. The smallest absolute Gasteiger partial charge is 0.0477 e. The van der Waals surface area contributed by atoms with Gasteiger partial charge in [0, 0.05) is 19.8 Å². The van der Waals surface area contributed by atoms with Crippen molar-refractivity contribution < 1.29 is 4.74 Å². The van der Waals surface area contributed by atoms with Crippen LogP contribution < -0.4 is 5.73 Å². The lowest BCUT2D eigenvalue weighted by Gasteiger charge is -2.11. The summed E-state index contributed by atoms with van der Waals surface area (Å²) < 4.78 is 4.96. The molecule has 0 radical (unpaired) electrons. The van der Waals surface area contributed by atoms with E-state index in [4.69, 9.17) is 10.5 Å². The normalized spacial score (nSPS) is 13.8. The fraction of sp³-hybridized carbons (Fsp3) is 1.00. The van der Waals surface area contributed by atoms with E-state index in [-0.39, 0.29) is 0 Å². The van der Waals surface area contributed by atoms with Gasteiger partial charge in [0.2, 0.25) is 0 Å². The average Bonchev–Trinajstić information content (AvgIpc) is 2.00. The largest absolute Gasteiger partial charge is 0.385 e. The summed E-state index contributed by atoms with van der Waals surface area (Å²) in [5, 5.41) is 0. The van der Waals surface area contributed by atoms with Crippen LogP contribution in [-0.4, -0.2) is 19.8 Å². The molecule has 0 saturated carbocycles. The van der Waals surface area contributed by atoms with E-state index in [1.165, 1.54) is 12.8 Å². The molecule has 0 spiro atoms. The Labute approximate surface area is 76.5 Å². The van der Waals surface area contributed by atoms with Gasteiger partial charge in [-0.2, -0.15) is 0 Å². The van der Waals surface area contributed by atoms with Gasteiger partial charge in [-0.25, -0.2) is 0 Å². The van der Waals surface area contributed by atoms with Gasteiger partial charge in [-0.3, -0.25) is 0 Å². The second-order valence-corrected chi connectivity index (χ2v) is 3.87. The van der Waals surface area contributed by atoms with Crippen LogP contribution in [0.1, 0.15) is 39.5 Å². The standard InChI is InChI=1S/C10H23NO/c1-9(2)5-4-6-10(11)7-8-12-3/h9-10H,4-8,11H2,1-3H3. The minimum absolute atomic E-state index is 0.337. The maximum Gasteiger partial charge on any atom is 0.0477 e. The van der Waals surface area contributed by atoms with E-state index in [2.05, 4.69) is 13.8 Å². The zero-order valence-corrected chi connectivity index (χ0v) is 8.68. The van der Waals surface area contributed by atoms with E-state index in [0.29, 0.717) is 6.04 Å². The lowest BCUT2D eigenvalue weighted by atomic mass is 10.0. The Hall–Kier alpha value is -0.0800. The van der Waals surface area contributed by atoms with Gasteiger partial charge in [0.1, 0.15) is 0 Å². The number of methoxy groups -OCH3 is 1. The summed E-state index contributed by atoms with van der Waals surface area (Å²) >= 11 is 0. The van der Waals surface area contributed by atoms with E-state index < -0.39 is 0 Å². The van der Waals surface area contributed by atoms with Crippen molar-refractivity contribution in [1.29, 1.82) is 0 Å². The number of hydrogen-bond acceptors (Lipinski definition) is 2. The molecule has 2 heteroatoms. The summed E-state index contributed by atoms with van der Waals surface area (Å²) in [6, 6.07) is 0.337. The van der Waals surface area contributed by atoms with E-state index in [1.54, 1.807) is 7.11 Å². The van der Waals surface area contributed by atoms with Gasteiger partial charge in [0.05, 0.1) is 0 Å². The molecule has 74 valence electrons. The quantitative estimate of drug-likeness (QED) is 0.640. The first-order chi connectivity index (χ1) is 5.66. The first-order valence-electron chi connectivity index (χ1n) is 4.91. The summed E-state index contributed by atoms with van der Waals surface area (Å²) in [6.07, 6.45) is 4.68. The highest BCUT2D eigenvalue weighted by Gasteiger charge is 2.02. The summed E-state index contributed by atoms with van der Waals surface area (Å²) in [5.74, 6) is 0.805. The van der Waals surface area contributed by atoms with E-state index in [9.17, 15) is 0 Å². The van der Waals surface area contributed by atoms with Crippen molar-refractivity contribution in [3.8, 4) is 0 Å². The molecule has 0 aromatic carbocycles. The fourth-order valence-electron chi connectivity index (χ4n) is 1.20. The molecule has 0 fully saturated rings. The Bertz CT molecular complexity index is 93.8. The monoisotopic (exact) mass is 173 g/mol. The molecule has 0 aromatic heterocycles. The lowest BCUT2D eigenvalue weighted by Crippen LogP contribution is -2.21. The second kappa shape index (κ2) is 7.56. The average molecular weight is 173 g/mol. The molecule has 0 heterocycles. The van der Waals surface area contributed by atoms with Crippen molar-refractivity contribution >= 4 is 0 Å². The van der Waals surface area contributed by atoms with Crippen molar-refractivity contribution in [1.82, 2.24) is 0 Å². The maximum atomic E-state index is 5.87. The van der Waals surface area contributed by atoms with E-state index in [0.717, 1.165) is 25.4 Å². The summed E-state index contributed by atoms with van der Waals surface area (Å²) in [6.45, 7) is 5.30. The third kappa shape index (κ3) is 8.02. The molecule has 0 aromatic rings. The van der Waals surface area contributed by atoms with Crippen molar-refractivity contribution in [2.75, 3.05) is 13.7 Å². The van der Waals surface area contributed by atoms with Gasteiger partial charge in [0.15, 0.2) is 0 Å². The lowest BCUT2D eigenvalue weighted by molar-refractivity contribution is 0.186. The molecule has 0 aliphatic rings. The van der Waals surface area contributed by atoms with Crippen LogP contribution in [0.4, 0.5) is 0 Å². The highest BCUT2D eigenvalue weighted by atomic mass is 16.5. The molecule has 0 saturated heterocycles. The molecular weight excluding hydrogens is 150 g/mol. The summed E-state index contributed by atoms with van der Waals surface area (Å²) in [7, 11) is 1.72. The van der Waals surface area contributed by atoms with E-state index in [1.807, 2.05) is 0 Å². The number of hydrogen-bond donors (Lipinski definition) is 1. The summed E-state index contributed by atoms with van der Waals surface area (Å²) in [4.78, 5) is 0. The number of ether oxygens (including phenoxy) is 1. The molecule has 0 rings (SSSR count). The van der Waals surface area contributed by atoms with Gasteiger partial charge >= 0.3 is 0 Å². The molecule has 2 nitrogen and oxygen atoms in total. The second-order valence-electron chi connectivity index (χ2n) is 3.87. The molecule has 0 amide bonds. The van der Waals surface area contributed by atoms with Gasteiger partial charge in [-0.1, -0.05) is 26.7 Å². The van der Waals surface area contributed by atoms with Crippen LogP contribution in [0, 0.1) is 5.92 Å². The number of nitrogens with two attached hydrogens (primary N) is 1. The van der Waals surface area contributed by atoms with Crippen LogP contribution in [-0.2, 0) is 4.74 Å². The minimum Gasteiger partial charge on any atom is -0.385 e. The first kappa shape index (κ1) is 11.9. The fourth-order valence-corrected chi connectivity index (χ4v) is 1.20. The third-order valence-electron chi connectivity index (χ3n) is 2.05. The zero-order chi connectivity index (χ0) is 9.40. The van der Waals surface area contributed by atoms with Crippen LogP contribution in [0.2, 0.25) is 0 Å². The SMILES string of the molecule is COCCC(N)CCCC(C)C. The molecule has 0 aliphatic heterocycles. The molecule has 12 heavy (non-hydrogen) atoms. The Kier molecular flexibility index (Phi) is 7.51.